The van der Waals surface area contributed by atoms with Gasteiger partial charge in [0, 0.05) is 0 Å². The van der Waals surface area contributed by atoms with E-state index in [1.165, 1.54) is 22.1 Å². The van der Waals surface area contributed by atoms with Crippen molar-refractivity contribution in [2.75, 3.05) is 6.61 Å². The summed E-state index contributed by atoms with van der Waals surface area (Å²) in [6.07, 6.45) is 1.85. The van der Waals surface area contributed by atoms with Crippen LogP contribution in [-0.4, -0.2) is 17.1 Å². The summed E-state index contributed by atoms with van der Waals surface area (Å²) in [7, 11) is 0. The van der Waals surface area contributed by atoms with E-state index in [1.54, 1.807) is 18.4 Å². The van der Waals surface area contributed by atoms with E-state index < -0.39 is 12.0 Å². The van der Waals surface area contributed by atoms with Crippen LogP contribution >= 0.6 is 11.3 Å². The molecule has 1 aliphatic heterocycles. The zero-order valence-corrected chi connectivity index (χ0v) is 23.6. The Morgan fingerprint density at radius 3 is 2.46 bits per heavy atom. The molecular weight excluding hydrogens is 532 g/mol. The first kappa shape index (κ1) is 26.5. The highest BCUT2D eigenvalue weighted by molar-refractivity contribution is 7.07. The van der Waals surface area contributed by atoms with Gasteiger partial charge in [0.25, 0.3) is 5.56 Å². The molecule has 1 atom stereocenters. The van der Waals surface area contributed by atoms with Gasteiger partial charge in [-0.15, -0.1) is 0 Å². The number of esters is 1. The second-order valence-electron chi connectivity index (χ2n) is 9.71. The Hall–Kier alpha value is -4.75. The number of aromatic nitrogens is 1. The number of rotatable bonds is 7. The summed E-state index contributed by atoms with van der Waals surface area (Å²) < 4.78 is 13.6. The number of ether oxygens (including phenoxy) is 2. The van der Waals surface area contributed by atoms with Gasteiger partial charge in [-0.05, 0) is 59.5 Å². The number of hydrogen-bond acceptors (Lipinski definition) is 6. The molecule has 5 aromatic rings. The van der Waals surface area contributed by atoms with Crippen molar-refractivity contribution in [1.82, 2.24) is 4.57 Å². The van der Waals surface area contributed by atoms with Crippen LogP contribution in [0.5, 0.6) is 5.75 Å². The lowest BCUT2D eigenvalue weighted by molar-refractivity contribution is -0.139. The molecule has 0 saturated heterocycles. The molecule has 1 unspecified atom stereocenters. The minimum absolute atomic E-state index is 0.201. The van der Waals surface area contributed by atoms with Gasteiger partial charge in [-0.3, -0.25) is 9.36 Å². The number of nitrogens with zero attached hydrogens (tertiary/aromatic N) is 2. The number of carbonyl (C=O) groups is 1. The van der Waals surface area contributed by atoms with Gasteiger partial charge >= 0.3 is 5.97 Å². The molecule has 1 aromatic heterocycles. The number of benzene rings is 4. The van der Waals surface area contributed by atoms with Crippen LogP contribution in [-0.2, 0) is 16.1 Å². The second kappa shape index (κ2) is 11.4. The monoisotopic (exact) mass is 560 g/mol. The number of carbonyl (C=O) groups excluding carboxylic acids is 1. The first-order valence-corrected chi connectivity index (χ1v) is 14.3. The summed E-state index contributed by atoms with van der Waals surface area (Å²) >= 11 is 1.31. The molecule has 7 heteroatoms. The Kier molecular flexibility index (Phi) is 7.35. The fraction of sp³-hybridized carbons (Fsp3) is 0.147. The minimum atomic E-state index is -0.613. The van der Waals surface area contributed by atoms with E-state index in [2.05, 4.69) is 29.3 Å². The largest absolute Gasteiger partial charge is 0.489 e. The molecule has 0 aliphatic carbocycles. The third-order valence-corrected chi connectivity index (χ3v) is 8.07. The van der Waals surface area contributed by atoms with E-state index in [9.17, 15) is 9.59 Å². The average molecular weight is 561 g/mol. The maximum absolute atomic E-state index is 13.8. The zero-order chi connectivity index (χ0) is 28.3. The van der Waals surface area contributed by atoms with E-state index in [0.29, 0.717) is 27.2 Å². The van der Waals surface area contributed by atoms with Gasteiger partial charge in [0.15, 0.2) is 4.80 Å². The maximum Gasteiger partial charge on any atom is 0.338 e. The number of fused-ring (bicyclic) bond motifs is 2. The first-order valence-electron chi connectivity index (χ1n) is 13.5. The molecule has 0 radical (unpaired) electrons. The summed E-state index contributed by atoms with van der Waals surface area (Å²) in [6.45, 7) is 4.25. The van der Waals surface area contributed by atoms with Crippen LogP contribution in [0.1, 0.15) is 36.6 Å². The maximum atomic E-state index is 13.8. The summed E-state index contributed by atoms with van der Waals surface area (Å²) in [4.78, 5) is 31.9. The lowest BCUT2D eigenvalue weighted by Crippen LogP contribution is -2.39. The molecule has 6 nitrogen and oxygen atoms in total. The normalized spacial score (nSPS) is 15.0. The van der Waals surface area contributed by atoms with Crippen LogP contribution in [0.2, 0.25) is 0 Å². The van der Waals surface area contributed by atoms with Gasteiger partial charge in [-0.1, -0.05) is 96.3 Å². The lowest BCUT2D eigenvalue weighted by Gasteiger charge is -2.24. The van der Waals surface area contributed by atoms with Crippen molar-refractivity contribution < 1.29 is 14.3 Å². The van der Waals surface area contributed by atoms with Crippen LogP contribution in [0.15, 0.2) is 118 Å². The van der Waals surface area contributed by atoms with Crippen LogP contribution in [0.4, 0.5) is 0 Å². The van der Waals surface area contributed by atoms with Crippen molar-refractivity contribution in [2.45, 2.75) is 26.5 Å². The molecular formula is C34H28N2O4S. The van der Waals surface area contributed by atoms with Crippen LogP contribution in [0, 0.1) is 0 Å². The van der Waals surface area contributed by atoms with Gasteiger partial charge in [-0.25, -0.2) is 9.79 Å². The number of allylic oxidation sites excluding steroid dienone is 1. The summed E-state index contributed by atoms with van der Waals surface area (Å²) in [5, 5.41) is 2.36. The number of hydrogen-bond donors (Lipinski definition) is 0. The zero-order valence-electron chi connectivity index (χ0n) is 22.7. The van der Waals surface area contributed by atoms with Gasteiger partial charge < -0.3 is 9.47 Å². The van der Waals surface area contributed by atoms with E-state index in [4.69, 9.17) is 9.47 Å². The van der Waals surface area contributed by atoms with Crippen molar-refractivity contribution in [2.24, 2.45) is 4.99 Å². The second-order valence-corrected chi connectivity index (χ2v) is 10.7. The Labute approximate surface area is 241 Å². The smallest absolute Gasteiger partial charge is 0.338 e. The Morgan fingerprint density at radius 2 is 1.68 bits per heavy atom. The van der Waals surface area contributed by atoms with Crippen molar-refractivity contribution in [1.29, 1.82) is 0 Å². The van der Waals surface area contributed by atoms with E-state index in [1.807, 2.05) is 78.9 Å². The molecule has 0 spiro atoms. The minimum Gasteiger partial charge on any atom is -0.489 e. The van der Waals surface area contributed by atoms with E-state index >= 15 is 0 Å². The SMILES string of the molecule is CCOC(=O)C1=C(C)N=c2sc(=Cc3ccc(OCc4cccc5ccccc45)cc3)c(=O)n2C1c1ccccc1. The summed E-state index contributed by atoms with van der Waals surface area (Å²) in [6, 6.07) is 31.1. The fourth-order valence-electron chi connectivity index (χ4n) is 5.13. The Balaban J connectivity index is 1.31. The van der Waals surface area contributed by atoms with Gasteiger partial charge in [-0.2, -0.15) is 0 Å². The molecule has 4 aromatic carbocycles. The molecule has 2 heterocycles. The first-order chi connectivity index (χ1) is 20.0. The average Bonchev–Trinajstić information content (AvgIpc) is 3.30. The van der Waals surface area contributed by atoms with Crippen molar-refractivity contribution in [3.63, 3.8) is 0 Å². The summed E-state index contributed by atoms with van der Waals surface area (Å²) in [5.41, 5.74) is 3.55. The summed E-state index contributed by atoms with van der Waals surface area (Å²) in [5.74, 6) is 0.284. The molecule has 6 rings (SSSR count). The van der Waals surface area contributed by atoms with Crippen LogP contribution in [0.3, 0.4) is 0 Å². The van der Waals surface area contributed by atoms with Gasteiger partial charge in [0.1, 0.15) is 12.4 Å². The highest BCUT2D eigenvalue weighted by Gasteiger charge is 2.33. The molecule has 0 N–H and O–H groups in total. The standard InChI is InChI=1S/C34H28N2O4S/c1-3-39-33(38)30-22(2)35-34-36(31(30)25-11-5-4-6-12-25)32(37)29(41-34)20-23-16-18-27(19-17-23)40-21-26-14-9-13-24-10-7-8-15-28(24)26/h4-20,31H,3,21H2,1-2H3. The Morgan fingerprint density at radius 1 is 0.951 bits per heavy atom. The van der Waals surface area contributed by atoms with Crippen LogP contribution < -0.4 is 19.6 Å². The lowest BCUT2D eigenvalue weighted by atomic mass is 9.96. The highest BCUT2D eigenvalue weighted by Crippen LogP contribution is 2.30. The van der Waals surface area contributed by atoms with Gasteiger partial charge in [0.05, 0.1) is 28.5 Å². The molecule has 41 heavy (non-hydrogen) atoms. The molecule has 0 saturated carbocycles. The van der Waals surface area contributed by atoms with E-state index in [-0.39, 0.29) is 12.2 Å². The van der Waals surface area contributed by atoms with Crippen molar-refractivity contribution >= 4 is 34.2 Å². The van der Waals surface area contributed by atoms with Crippen molar-refractivity contribution in [3.05, 3.63) is 145 Å². The molecule has 0 amide bonds. The third-order valence-electron chi connectivity index (χ3n) is 7.08. The number of thiazole rings is 1. The predicted molar refractivity (Wildman–Crippen MR) is 162 cm³/mol. The Bertz CT molecular complexity index is 1950. The van der Waals surface area contributed by atoms with Gasteiger partial charge in [0.2, 0.25) is 0 Å². The molecule has 1 aliphatic rings. The topological polar surface area (TPSA) is 69.9 Å². The highest BCUT2D eigenvalue weighted by atomic mass is 32.1. The molecule has 204 valence electrons. The quantitative estimate of drug-likeness (QED) is 0.246. The fourth-order valence-corrected chi connectivity index (χ4v) is 6.18. The molecule has 0 bridgehead atoms. The molecule has 0 fully saturated rings. The predicted octanol–water partition coefficient (Wildman–Crippen LogP) is 5.53. The van der Waals surface area contributed by atoms with E-state index in [0.717, 1.165) is 22.4 Å². The van der Waals surface area contributed by atoms with Crippen molar-refractivity contribution in [3.8, 4) is 5.75 Å². The van der Waals surface area contributed by atoms with Crippen LogP contribution in [0.25, 0.3) is 16.8 Å². The third kappa shape index (κ3) is 5.24.